The highest BCUT2D eigenvalue weighted by molar-refractivity contribution is 5.66. The molecule has 2 rings (SSSR count). The Kier molecular flexibility index (Phi) is 2.82. The first-order valence-electron chi connectivity index (χ1n) is 5.27. The highest BCUT2D eigenvalue weighted by Crippen LogP contribution is 2.28. The van der Waals surface area contributed by atoms with Crippen molar-refractivity contribution in [2.75, 3.05) is 11.9 Å². The minimum atomic E-state index is 0.308. The Labute approximate surface area is 95.8 Å². The maximum atomic E-state index is 9.37. The van der Waals surface area contributed by atoms with Gasteiger partial charge in [-0.2, -0.15) is 0 Å². The van der Waals surface area contributed by atoms with Crippen LogP contribution in [0.15, 0.2) is 48.5 Å². The third-order valence-corrected chi connectivity index (χ3v) is 2.69. The highest BCUT2D eigenvalue weighted by atomic mass is 16.3. The van der Waals surface area contributed by atoms with Gasteiger partial charge in [0.25, 0.3) is 0 Å². The molecule has 82 valence electrons. The van der Waals surface area contributed by atoms with Gasteiger partial charge in [0, 0.05) is 18.4 Å². The Morgan fingerprint density at radius 2 is 1.69 bits per heavy atom. The van der Waals surface area contributed by atoms with E-state index in [0.29, 0.717) is 5.75 Å². The van der Waals surface area contributed by atoms with Gasteiger partial charge in [-0.1, -0.05) is 18.2 Å². The zero-order chi connectivity index (χ0) is 11.5. The molecule has 0 unspecified atom stereocenters. The van der Waals surface area contributed by atoms with Gasteiger partial charge in [-0.3, -0.25) is 0 Å². The van der Waals surface area contributed by atoms with Crippen molar-refractivity contribution in [3.8, 4) is 5.75 Å². The van der Waals surface area contributed by atoms with Crippen molar-refractivity contribution in [2.45, 2.75) is 6.92 Å². The largest absolute Gasteiger partial charge is 0.508 e. The van der Waals surface area contributed by atoms with Gasteiger partial charge < -0.3 is 10.0 Å². The number of aryl methyl sites for hydroxylation is 1. The van der Waals surface area contributed by atoms with E-state index in [4.69, 9.17) is 0 Å². The molecule has 0 aliphatic rings. The Balaban J connectivity index is 2.38. The van der Waals surface area contributed by atoms with E-state index >= 15 is 0 Å². The molecule has 16 heavy (non-hydrogen) atoms. The number of hydrogen-bond acceptors (Lipinski definition) is 2. The van der Waals surface area contributed by atoms with Gasteiger partial charge in [0.1, 0.15) is 5.75 Å². The van der Waals surface area contributed by atoms with Gasteiger partial charge in [-0.15, -0.1) is 0 Å². The molecule has 0 aliphatic carbocycles. The van der Waals surface area contributed by atoms with E-state index in [0.717, 1.165) is 16.9 Å². The molecule has 2 aromatic rings. The molecule has 1 N–H and O–H groups in total. The van der Waals surface area contributed by atoms with Gasteiger partial charge in [0.2, 0.25) is 0 Å². The smallest absolute Gasteiger partial charge is 0.115 e. The lowest BCUT2D eigenvalue weighted by molar-refractivity contribution is 0.475. The van der Waals surface area contributed by atoms with E-state index in [1.165, 1.54) is 0 Å². The van der Waals surface area contributed by atoms with Crippen LogP contribution in [0.2, 0.25) is 0 Å². The number of para-hydroxylation sites is 1. The van der Waals surface area contributed by atoms with E-state index in [2.05, 4.69) is 17.0 Å². The predicted molar refractivity (Wildman–Crippen MR) is 67.3 cm³/mol. The zero-order valence-electron chi connectivity index (χ0n) is 9.51. The number of phenolic OH excluding ortho intramolecular Hbond substituents is 1. The molecule has 0 amide bonds. The van der Waals surface area contributed by atoms with Crippen molar-refractivity contribution < 1.29 is 5.11 Å². The fourth-order valence-corrected chi connectivity index (χ4v) is 1.81. The number of aromatic hydroxyl groups is 1. The predicted octanol–water partition coefficient (Wildman–Crippen LogP) is 3.47. The van der Waals surface area contributed by atoms with Crippen LogP contribution in [0.1, 0.15) is 5.56 Å². The van der Waals surface area contributed by atoms with Crippen LogP contribution in [0.25, 0.3) is 0 Å². The summed E-state index contributed by atoms with van der Waals surface area (Å²) in [5, 5.41) is 9.37. The zero-order valence-corrected chi connectivity index (χ0v) is 9.51. The average Bonchev–Trinajstić information content (AvgIpc) is 2.29. The summed E-state index contributed by atoms with van der Waals surface area (Å²) in [5.41, 5.74) is 3.30. The Morgan fingerprint density at radius 3 is 2.31 bits per heavy atom. The summed E-state index contributed by atoms with van der Waals surface area (Å²) in [6.45, 7) is 1.99. The van der Waals surface area contributed by atoms with Gasteiger partial charge in [0.15, 0.2) is 0 Å². The molecule has 0 heterocycles. The molecule has 2 heteroatoms. The lowest BCUT2D eigenvalue weighted by atomic mass is 10.1. The molecule has 0 radical (unpaired) electrons. The monoisotopic (exact) mass is 213 g/mol. The normalized spacial score (nSPS) is 10.1. The van der Waals surface area contributed by atoms with Crippen molar-refractivity contribution in [2.24, 2.45) is 0 Å². The summed E-state index contributed by atoms with van der Waals surface area (Å²) in [4.78, 5) is 2.11. The topological polar surface area (TPSA) is 23.5 Å². The van der Waals surface area contributed by atoms with E-state index in [1.807, 2.05) is 38.2 Å². The third kappa shape index (κ3) is 2.01. The van der Waals surface area contributed by atoms with Crippen molar-refractivity contribution in [1.82, 2.24) is 0 Å². The van der Waals surface area contributed by atoms with E-state index < -0.39 is 0 Å². The maximum Gasteiger partial charge on any atom is 0.115 e. The standard InChI is InChI=1S/C14H15NO/c1-11-10-13(16)8-9-14(11)15(2)12-6-4-3-5-7-12/h3-10,16H,1-2H3. The first-order valence-corrected chi connectivity index (χ1v) is 5.27. The first kappa shape index (κ1) is 10.6. The number of nitrogens with zero attached hydrogens (tertiary/aromatic N) is 1. The van der Waals surface area contributed by atoms with E-state index in [1.54, 1.807) is 12.1 Å². The second-order valence-corrected chi connectivity index (χ2v) is 3.87. The summed E-state index contributed by atoms with van der Waals surface area (Å²) in [5.74, 6) is 0.308. The van der Waals surface area contributed by atoms with Crippen LogP contribution < -0.4 is 4.90 Å². The number of benzene rings is 2. The molecule has 2 aromatic carbocycles. The third-order valence-electron chi connectivity index (χ3n) is 2.69. The van der Waals surface area contributed by atoms with Gasteiger partial charge in [-0.05, 0) is 42.8 Å². The van der Waals surface area contributed by atoms with Crippen molar-refractivity contribution in [3.05, 3.63) is 54.1 Å². The van der Waals surface area contributed by atoms with Gasteiger partial charge in [-0.25, -0.2) is 0 Å². The Bertz CT molecular complexity index is 479. The molecule has 0 aliphatic heterocycles. The van der Waals surface area contributed by atoms with Crippen LogP contribution >= 0.6 is 0 Å². The summed E-state index contributed by atoms with van der Waals surface area (Å²) in [6, 6.07) is 15.6. The minimum absolute atomic E-state index is 0.308. The average molecular weight is 213 g/mol. The summed E-state index contributed by atoms with van der Waals surface area (Å²) >= 11 is 0. The summed E-state index contributed by atoms with van der Waals surface area (Å²) in [6.07, 6.45) is 0. The highest BCUT2D eigenvalue weighted by Gasteiger charge is 2.06. The van der Waals surface area contributed by atoms with E-state index in [9.17, 15) is 5.11 Å². The van der Waals surface area contributed by atoms with Gasteiger partial charge in [0.05, 0.1) is 0 Å². The number of anilines is 2. The molecule has 0 spiro atoms. The fraction of sp³-hybridized carbons (Fsp3) is 0.143. The van der Waals surface area contributed by atoms with Crippen molar-refractivity contribution in [3.63, 3.8) is 0 Å². The Morgan fingerprint density at radius 1 is 1.00 bits per heavy atom. The second-order valence-electron chi connectivity index (χ2n) is 3.87. The summed E-state index contributed by atoms with van der Waals surface area (Å²) < 4.78 is 0. The maximum absolute atomic E-state index is 9.37. The van der Waals surface area contributed by atoms with Crippen LogP contribution in [-0.4, -0.2) is 12.2 Å². The lowest BCUT2D eigenvalue weighted by Crippen LogP contribution is -2.10. The van der Waals surface area contributed by atoms with Crippen LogP contribution in [0.4, 0.5) is 11.4 Å². The first-order chi connectivity index (χ1) is 7.68. The van der Waals surface area contributed by atoms with Gasteiger partial charge >= 0.3 is 0 Å². The molecule has 0 bridgehead atoms. The number of hydrogen-bond donors (Lipinski definition) is 1. The van der Waals surface area contributed by atoms with Crippen molar-refractivity contribution in [1.29, 1.82) is 0 Å². The number of rotatable bonds is 2. The van der Waals surface area contributed by atoms with Crippen LogP contribution in [0.3, 0.4) is 0 Å². The lowest BCUT2D eigenvalue weighted by Gasteiger charge is -2.21. The van der Waals surface area contributed by atoms with Crippen LogP contribution in [0, 0.1) is 6.92 Å². The van der Waals surface area contributed by atoms with Crippen LogP contribution in [0.5, 0.6) is 5.75 Å². The summed E-state index contributed by atoms with van der Waals surface area (Å²) in [7, 11) is 2.02. The minimum Gasteiger partial charge on any atom is -0.508 e. The Hall–Kier alpha value is -1.96. The molecule has 0 saturated carbocycles. The van der Waals surface area contributed by atoms with Crippen LogP contribution in [-0.2, 0) is 0 Å². The van der Waals surface area contributed by atoms with Crippen molar-refractivity contribution >= 4 is 11.4 Å². The molecular formula is C14H15NO. The molecular weight excluding hydrogens is 198 g/mol. The van der Waals surface area contributed by atoms with E-state index in [-0.39, 0.29) is 0 Å². The molecule has 0 atom stereocenters. The quantitative estimate of drug-likeness (QED) is 0.825. The SMILES string of the molecule is Cc1cc(O)ccc1N(C)c1ccccc1. The second kappa shape index (κ2) is 4.27. The molecule has 0 aromatic heterocycles. The molecule has 2 nitrogen and oxygen atoms in total. The number of phenols is 1. The molecule has 0 saturated heterocycles. The molecule has 0 fully saturated rings. The fourth-order valence-electron chi connectivity index (χ4n) is 1.81.